The Kier molecular flexibility index (Phi) is 5.58. The van der Waals surface area contributed by atoms with Crippen LogP contribution in [0.2, 0.25) is 5.02 Å². The van der Waals surface area contributed by atoms with Gasteiger partial charge in [-0.3, -0.25) is 0 Å². The Balaban J connectivity index is 1.62. The lowest BCUT2D eigenvalue weighted by molar-refractivity contribution is 0.210. The summed E-state index contributed by atoms with van der Waals surface area (Å²) in [5, 5.41) is 0.762. The van der Waals surface area contributed by atoms with Gasteiger partial charge in [0.15, 0.2) is 0 Å². The molecule has 1 aliphatic carbocycles. The Bertz CT molecular complexity index is 603. The molecule has 0 heterocycles. The minimum absolute atomic E-state index is 0.314. The van der Waals surface area contributed by atoms with Gasteiger partial charge < -0.3 is 10.5 Å². The molecule has 0 amide bonds. The smallest absolute Gasteiger partial charge is 0.119 e. The zero-order valence-electron chi connectivity index (χ0n) is 13.4. The van der Waals surface area contributed by atoms with Crippen LogP contribution in [0.4, 0.5) is 0 Å². The lowest BCUT2D eigenvalue weighted by Gasteiger charge is -2.17. The number of ether oxygens (including phenoxy) is 1. The third kappa shape index (κ3) is 4.49. The zero-order chi connectivity index (χ0) is 16.1. The van der Waals surface area contributed by atoms with Gasteiger partial charge in [0.1, 0.15) is 5.75 Å². The van der Waals surface area contributed by atoms with Crippen LogP contribution in [0.5, 0.6) is 5.75 Å². The van der Waals surface area contributed by atoms with Gasteiger partial charge in [0, 0.05) is 10.9 Å². The van der Waals surface area contributed by atoms with E-state index in [1.165, 1.54) is 36.8 Å². The summed E-state index contributed by atoms with van der Waals surface area (Å²) in [6, 6.07) is 16.5. The van der Waals surface area contributed by atoms with Gasteiger partial charge in [-0.1, -0.05) is 35.9 Å². The van der Waals surface area contributed by atoms with E-state index < -0.39 is 0 Å². The monoisotopic (exact) mass is 329 g/mol. The molecule has 2 N–H and O–H groups in total. The fraction of sp³-hybridized carbons (Fsp3) is 0.400. The molecule has 1 unspecified atom stereocenters. The molecule has 1 atom stereocenters. The van der Waals surface area contributed by atoms with Crippen LogP contribution in [0, 0.1) is 0 Å². The van der Waals surface area contributed by atoms with Crippen LogP contribution in [0.1, 0.15) is 42.7 Å². The molecule has 2 nitrogen and oxygen atoms in total. The van der Waals surface area contributed by atoms with E-state index >= 15 is 0 Å². The average Bonchev–Trinajstić information content (AvgIpc) is 3.08. The second-order valence-electron chi connectivity index (χ2n) is 6.36. The van der Waals surface area contributed by atoms with E-state index in [1.807, 2.05) is 12.1 Å². The van der Waals surface area contributed by atoms with E-state index in [9.17, 15) is 0 Å². The van der Waals surface area contributed by atoms with E-state index in [0.29, 0.717) is 18.6 Å². The highest BCUT2D eigenvalue weighted by Crippen LogP contribution is 2.26. The molecule has 122 valence electrons. The Morgan fingerprint density at radius 1 is 1.00 bits per heavy atom. The van der Waals surface area contributed by atoms with E-state index in [4.69, 9.17) is 22.1 Å². The van der Waals surface area contributed by atoms with Crippen molar-refractivity contribution in [3.63, 3.8) is 0 Å². The van der Waals surface area contributed by atoms with Crippen LogP contribution >= 0.6 is 11.6 Å². The summed E-state index contributed by atoms with van der Waals surface area (Å²) in [5.74, 6) is 1.30. The Labute approximate surface area is 143 Å². The van der Waals surface area contributed by atoms with Gasteiger partial charge in [-0.2, -0.15) is 0 Å². The number of rotatable bonds is 6. The number of benzene rings is 2. The normalized spacial score (nSPS) is 16.4. The van der Waals surface area contributed by atoms with Crippen LogP contribution in [0.15, 0.2) is 48.5 Å². The maximum absolute atomic E-state index is 6.02. The summed E-state index contributed by atoms with van der Waals surface area (Å²) in [7, 11) is 0. The summed E-state index contributed by atoms with van der Waals surface area (Å²) in [6.07, 6.45) is 6.30. The predicted octanol–water partition coefficient (Wildman–Crippen LogP) is 4.95. The molecule has 1 saturated carbocycles. The van der Waals surface area contributed by atoms with Crippen LogP contribution in [-0.4, -0.2) is 12.6 Å². The van der Waals surface area contributed by atoms with Crippen molar-refractivity contribution in [2.24, 2.45) is 5.73 Å². The van der Waals surface area contributed by atoms with Crippen LogP contribution < -0.4 is 10.5 Å². The van der Waals surface area contributed by atoms with Gasteiger partial charge in [-0.25, -0.2) is 0 Å². The van der Waals surface area contributed by atoms with Crippen molar-refractivity contribution in [2.75, 3.05) is 6.54 Å². The fourth-order valence-corrected chi connectivity index (χ4v) is 3.39. The summed E-state index contributed by atoms with van der Waals surface area (Å²) < 4.78 is 6.02. The van der Waals surface area contributed by atoms with Gasteiger partial charge in [0.05, 0.1) is 6.10 Å². The molecule has 0 bridgehead atoms. The number of nitrogens with two attached hydrogens (primary N) is 1. The molecular weight excluding hydrogens is 306 g/mol. The van der Waals surface area contributed by atoms with Crippen molar-refractivity contribution < 1.29 is 4.74 Å². The zero-order valence-corrected chi connectivity index (χ0v) is 14.1. The molecule has 2 aromatic rings. The van der Waals surface area contributed by atoms with Crippen molar-refractivity contribution in [3.05, 3.63) is 64.7 Å². The summed E-state index contributed by atoms with van der Waals surface area (Å²) in [5.41, 5.74) is 8.50. The van der Waals surface area contributed by atoms with Crippen molar-refractivity contribution in [2.45, 2.75) is 44.1 Å². The van der Waals surface area contributed by atoms with E-state index in [1.54, 1.807) is 0 Å². The number of hydrogen-bond donors (Lipinski definition) is 1. The minimum atomic E-state index is 0.314. The molecule has 0 radical (unpaired) electrons. The van der Waals surface area contributed by atoms with Gasteiger partial charge in [0.2, 0.25) is 0 Å². The molecule has 3 rings (SSSR count). The standard InChI is InChI=1S/C20H24ClNO/c21-18-9-7-16(8-10-18)17(14-22)13-15-5-11-20(12-6-15)23-19-3-1-2-4-19/h5-12,17,19H,1-4,13-14,22H2. The first kappa shape index (κ1) is 16.4. The van der Waals surface area contributed by atoms with E-state index in [0.717, 1.165) is 17.2 Å². The first-order valence-electron chi connectivity index (χ1n) is 8.46. The second-order valence-corrected chi connectivity index (χ2v) is 6.79. The number of halogens is 1. The van der Waals surface area contributed by atoms with Crippen LogP contribution in [0.3, 0.4) is 0 Å². The maximum atomic E-state index is 6.02. The highest BCUT2D eigenvalue weighted by Gasteiger charge is 2.16. The Morgan fingerprint density at radius 2 is 1.65 bits per heavy atom. The predicted molar refractivity (Wildman–Crippen MR) is 96.3 cm³/mol. The lowest BCUT2D eigenvalue weighted by atomic mass is 9.92. The quantitative estimate of drug-likeness (QED) is 0.814. The summed E-state index contributed by atoms with van der Waals surface area (Å²) in [6.45, 7) is 0.627. The SMILES string of the molecule is NCC(Cc1ccc(OC2CCCC2)cc1)c1ccc(Cl)cc1. The molecule has 0 aromatic heterocycles. The molecule has 3 heteroatoms. The molecular formula is C20H24ClNO. The summed E-state index contributed by atoms with van der Waals surface area (Å²) >= 11 is 5.96. The molecule has 1 aliphatic rings. The van der Waals surface area contributed by atoms with Crippen molar-refractivity contribution in [1.29, 1.82) is 0 Å². The molecule has 0 aliphatic heterocycles. The molecule has 2 aromatic carbocycles. The third-order valence-corrected chi connectivity index (χ3v) is 4.89. The van der Waals surface area contributed by atoms with Gasteiger partial charge in [-0.15, -0.1) is 0 Å². The highest BCUT2D eigenvalue weighted by molar-refractivity contribution is 6.30. The van der Waals surface area contributed by atoms with Gasteiger partial charge in [0.25, 0.3) is 0 Å². The largest absolute Gasteiger partial charge is 0.490 e. The first-order chi connectivity index (χ1) is 11.2. The lowest BCUT2D eigenvalue weighted by Crippen LogP contribution is -2.15. The first-order valence-corrected chi connectivity index (χ1v) is 8.83. The average molecular weight is 330 g/mol. The molecule has 23 heavy (non-hydrogen) atoms. The Morgan fingerprint density at radius 3 is 2.26 bits per heavy atom. The minimum Gasteiger partial charge on any atom is -0.490 e. The molecule has 1 fully saturated rings. The molecule has 0 saturated heterocycles. The second kappa shape index (κ2) is 7.85. The van der Waals surface area contributed by atoms with E-state index in [2.05, 4.69) is 36.4 Å². The van der Waals surface area contributed by atoms with Gasteiger partial charge >= 0.3 is 0 Å². The van der Waals surface area contributed by atoms with Gasteiger partial charge in [-0.05, 0) is 74.0 Å². The number of hydrogen-bond acceptors (Lipinski definition) is 2. The van der Waals surface area contributed by atoms with Crippen LogP contribution in [0.25, 0.3) is 0 Å². The Hall–Kier alpha value is -1.51. The topological polar surface area (TPSA) is 35.2 Å². The summed E-state index contributed by atoms with van der Waals surface area (Å²) in [4.78, 5) is 0. The van der Waals surface area contributed by atoms with Crippen molar-refractivity contribution >= 4 is 11.6 Å². The van der Waals surface area contributed by atoms with Crippen molar-refractivity contribution in [1.82, 2.24) is 0 Å². The molecule has 0 spiro atoms. The third-order valence-electron chi connectivity index (χ3n) is 4.64. The maximum Gasteiger partial charge on any atom is 0.119 e. The fourth-order valence-electron chi connectivity index (χ4n) is 3.26. The van der Waals surface area contributed by atoms with Crippen molar-refractivity contribution in [3.8, 4) is 5.75 Å². The van der Waals surface area contributed by atoms with E-state index in [-0.39, 0.29) is 0 Å². The highest BCUT2D eigenvalue weighted by atomic mass is 35.5. The van der Waals surface area contributed by atoms with Crippen LogP contribution in [-0.2, 0) is 6.42 Å².